The largest absolute Gasteiger partial charge is 0.354 e. The third-order valence-electron chi connectivity index (χ3n) is 6.08. The van der Waals surface area contributed by atoms with E-state index in [1.54, 1.807) is 18.2 Å². The van der Waals surface area contributed by atoms with Crippen molar-refractivity contribution < 1.29 is 18.0 Å². The summed E-state index contributed by atoms with van der Waals surface area (Å²) < 4.78 is 27.4. The Morgan fingerprint density at radius 2 is 1.51 bits per heavy atom. The van der Waals surface area contributed by atoms with Gasteiger partial charge in [0.2, 0.25) is 21.8 Å². The molecule has 3 rings (SSSR count). The van der Waals surface area contributed by atoms with Gasteiger partial charge in [0.1, 0.15) is 6.04 Å². The van der Waals surface area contributed by atoms with Crippen molar-refractivity contribution >= 4 is 45.0 Å². The number of hydrogen-bond donors (Lipinski definition) is 1. The van der Waals surface area contributed by atoms with E-state index in [1.807, 2.05) is 50.2 Å². The van der Waals surface area contributed by atoms with Gasteiger partial charge in [0.05, 0.1) is 11.4 Å². The SMILES string of the molecule is CC(C)CNC(=O)C(Cc1ccccc1)N(Cc1cccc(Cl)c1)C(=O)CN(C)S(=O)(=O)c1ccc(Cl)cc1. The molecule has 0 spiro atoms. The lowest BCUT2D eigenvalue weighted by Gasteiger charge is -2.33. The van der Waals surface area contributed by atoms with Crippen molar-refractivity contribution in [3.8, 4) is 0 Å². The number of sulfonamides is 1. The van der Waals surface area contributed by atoms with Gasteiger partial charge >= 0.3 is 0 Å². The smallest absolute Gasteiger partial charge is 0.243 e. The van der Waals surface area contributed by atoms with E-state index in [2.05, 4.69) is 5.32 Å². The fourth-order valence-corrected chi connectivity index (χ4v) is 5.42. The van der Waals surface area contributed by atoms with E-state index in [0.29, 0.717) is 22.2 Å². The lowest BCUT2D eigenvalue weighted by molar-refractivity contribution is -0.141. The number of nitrogens with zero attached hydrogens (tertiary/aromatic N) is 2. The summed E-state index contributed by atoms with van der Waals surface area (Å²) in [6.07, 6.45) is 0.255. The molecule has 0 aliphatic carbocycles. The average Bonchev–Trinajstić information content (AvgIpc) is 2.90. The molecule has 0 radical (unpaired) electrons. The zero-order valence-electron chi connectivity index (χ0n) is 22.2. The summed E-state index contributed by atoms with van der Waals surface area (Å²) in [5.41, 5.74) is 1.59. The zero-order chi connectivity index (χ0) is 28.6. The summed E-state index contributed by atoms with van der Waals surface area (Å²) in [5.74, 6) is -0.624. The molecule has 0 fully saturated rings. The van der Waals surface area contributed by atoms with Crippen molar-refractivity contribution in [1.29, 1.82) is 0 Å². The Morgan fingerprint density at radius 1 is 0.872 bits per heavy atom. The van der Waals surface area contributed by atoms with E-state index < -0.39 is 28.5 Å². The zero-order valence-corrected chi connectivity index (χ0v) is 24.5. The second kappa shape index (κ2) is 13.9. The van der Waals surface area contributed by atoms with Gasteiger partial charge in [-0.25, -0.2) is 8.42 Å². The molecule has 208 valence electrons. The molecule has 0 aromatic heterocycles. The van der Waals surface area contributed by atoms with Crippen LogP contribution in [0.25, 0.3) is 0 Å². The number of amides is 2. The van der Waals surface area contributed by atoms with E-state index in [0.717, 1.165) is 9.87 Å². The molecule has 3 aromatic carbocycles. The Balaban J connectivity index is 1.96. The molecule has 0 saturated carbocycles. The molecule has 3 aromatic rings. The van der Waals surface area contributed by atoms with Gasteiger partial charge in [-0.05, 0) is 53.4 Å². The van der Waals surface area contributed by atoms with Crippen molar-refractivity contribution in [3.05, 3.63) is 100 Å². The topological polar surface area (TPSA) is 86.8 Å². The number of carbonyl (C=O) groups is 2. The molecule has 0 bridgehead atoms. The van der Waals surface area contributed by atoms with Crippen molar-refractivity contribution in [1.82, 2.24) is 14.5 Å². The third kappa shape index (κ3) is 8.80. The first-order valence-corrected chi connectivity index (χ1v) is 14.7. The van der Waals surface area contributed by atoms with Gasteiger partial charge < -0.3 is 10.2 Å². The molecule has 39 heavy (non-hydrogen) atoms. The van der Waals surface area contributed by atoms with Crippen LogP contribution in [0.5, 0.6) is 0 Å². The highest BCUT2D eigenvalue weighted by molar-refractivity contribution is 7.89. The summed E-state index contributed by atoms with van der Waals surface area (Å²) in [4.78, 5) is 28.8. The van der Waals surface area contributed by atoms with Gasteiger partial charge in [0.15, 0.2) is 0 Å². The highest BCUT2D eigenvalue weighted by atomic mass is 35.5. The van der Waals surface area contributed by atoms with Gasteiger partial charge in [0, 0.05) is 36.6 Å². The number of benzene rings is 3. The van der Waals surface area contributed by atoms with Crippen molar-refractivity contribution in [2.24, 2.45) is 5.92 Å². The maximum Gasteiger partial charge on any atom is 0.243 e. The standard InChI is InChI=1S/C29H33Cl2N3O4S/c1-21(2)18-32-29(36)27(17-22-8-5-4-6-9-22)34(19-23-10-7-11-25(31)16-23)28(35)20-33(3)39(37,38)26-14-12-24(30)13-15-26/h4-16,21,27H,17-20H2,1-3H3,(H,32,36). The molecule has 2 amide bonds. The second-order valence-electron chi connectivity index (χ2n) is 9.71. The Labute approximate surface area is 240 Å². The van der Waals surface area contributed by atoms with Gasteiger partial charge in [-0.1, -0.05) is 79.5 Å². The molecular weight excluding hydrogens is 557 g/mol. The van der Waals surface area contributed by atoms with Gasteiger partial charge in [-0.2, -0.15) is 4.31 Å². The first kappa shape index (κ1) is 30.6. The Kier molecular flexibility index (Phi) is 10.9. The quantitative estimate of drug-likeness (QED) is 0.321. The monoisotopic (exact) mass is 589 g/mol. The van der Waals surface area contributed by atoms with E-state index in [-0.39, 0.29) is 29.7 Å². The van der Waals surface area contributed by atoms with E-state index >= 15 is 0 Å². The first-order valence-electron chi connectivity index (χ1n) is 12.5. The number of hydrogen-bond acceptors (Lipinski definition) is 4. The number of rotatable bonds is 12. The van der Waals surface area contributed by atoms with Crippen LogP contribution in [-0.2, 0) is 32.6 Å². The fourth-order valence-electron chi connectivity index (χ4n) is 3.96. The highest BCUT2D eigenvalue weighted by Gasteiger charge is 2.33. The molecule has 0 aliphatic heterocycles. The lowest BCUT2D eigenvalue weighted by Crippen LogP contribution is -2.53. The third-order valence-corrected chi connectivity index (χ3v) is 8.38. The number of likely N-dealkylation sites (N-methyl/N-ethyl adjacent to an activating group) is 1. The van der Waals surface area contributed by atoms with Crippen LogP contribution >= 0.6 is 23.2 Å². The van der Waals surface area contributed by atoms with Crippen LogP contribution in [-0.4, -0.2) is 55.6 Å². The van der Waals surface area contributed by atoms with Crippen LogP contribution < -0.4 is 5.32 Å². The molecule has 1 N–H and O–H groups in total. The minimum atomic E-state index is -3.98. The lowest BCUT2D eigenvalue weighted by atomic mass is 10.0. The summed E-state index contributed by atoms with van der Waals surface area (Å²) >= 11 is 12.1. The highest BCUT2D eigenvalue weighted by Crippen LogP contribution is 2.20. The number of nitrogens with one attached hydrogen (secondary N) is 1. The molecule has 1 unspecified atom stereocenters. The van der Waals surface area contributed by atoms with Gasteiger partial charge in [0.25, 0.3) is 0 Å². The van der Waals surface area contributed by atoms with Crippen LogP contribution in [0.1, 0.15) is 25.0 Å². The van der Waals surface area contributed by atoms with Gasteiger partial charge in [-0.15, -0.1) is 0 Å². The first-order chi connectivity index (χ1) is 18.5. The molecule has 10 heteroatoms. The van der Waals surface area contributed by atoms with Crippen LogP contribution in [0.15, 0.2) is 83.8 Å². The molecular formula is C29H33Cl2N3O4S. The van der Waals surface area contributed by atoms with Crippen LogP contribution in [0.3, 0.4) is 0 Å². The van der Waals surface area contributed by atoms with Crippen molar-refractivity contribution in [3.63, 3.8) is 0 Å². The predicted octanol–water partition coefficient (Wildman–Crippen LogP) is 5.03. The predicted molar refractivity (Wildman–Crippen MR) is 155 cm³/mol. The van der Waals surface area contributed by atoms with Gasteiger partial charge in [-0.3, -0.25) is 9.59 Å². The van der Waals surface area contributed by atoms with Crippen LogP contribution in [0.2, 0.25) is 10.0 Å². The summed E-state index contributed by atoms with van der Waals surface area (Å²) in [5, 5.41) is 3.84. The summed E-state index contributed by atoms with van der Waals surface area (Å²) in [6.45, 7) is 4.01. The maximum atomic E-state index is 13.8. The minimum absolute atomic E-state index is 0.0131. The molecule has 0 heterocycles. The van der Waals surface area contributed by atoms with Crippen LogP contribution in [0, 0.1) is 5.92 Å². The minimum Gasteiger partial charge on any atom is -0.354 e. The average molecular weight is 591 g/mol. The Bertz CT molecular complexity index is 1370. The van der Waals surface area contributed by atoms with Crippen molar-refractivity contribution in [2.75, 3.05) is 20.1 Å². The Morgan fingerprint density at radius 3 is 2.13 bits per heavy atom. The normalized spacial score (nSPS) is 12.4. The van der Waals surface area contributed by atoms with E-state index in [4.69, 9.17) is 23.2 Å². The van der Waals surface area contributed by atoms with E-state index in [1.165, 1.54) is 36.2 Å². The van der Waals surface area contributed by atoms with E-state index in [9.17, 15) is 18.0 Å². The summed E-state index contributed by atoms with van der Waals surface area (Å²) in [7, 11) is -2.65. The number of halogens is 2. The molecule has 7 nitrogen and oxygen atoms in total. The summed E-state index contributed by atoms with van der Waals surface area (Å²) in [6, 6.07) is 21.3. The Hall–Kier alpha value is -2.91. The number of carbonyl (C=O) groups excluding carboxylic acids is 2. The molecule has 1 atom stereocenters. The fraction of sp³-hybridized carbons (Fsp3) is 0.310. The maximum absolute atomic E-state index is 13.8. The molecule has 0 aliphatic rings. The second-order valence-corrected chi connectivity index (χ2v) is 12.6. The van der Waals surface area contributed by atoms with Crippen LogP contribution in [0.4, 0.5) is 0 Å². The van der Waals surface area contributed by atoms with Crippen molar-refractivity contribution in [2.45, 2.75) is 37.8 Å². The molecule has 0 saturated heterocycles.